The molecular weight excluding hydrogens is 369 g/mol. The van der Waals surface area contributed by atoms with Gasteiger partial charge in [-0.3, -0.25) is 9.20 Å². The Kier molecular flexibility index (Phi) is 5.67. The molecule has 28 heavy (non-hydrogen) atoms. The number of hydrogen-bond donors (Lipinski definition) is 1. The third-order valence-electron chi connectivity index (χ3n) is 4.88. The maximum atomic E-state index is 13.0. The largest absolute Gasteiger partial charge is 0.417 e. The van der Waals surface area contributed by atoms with Crippen molar-refractivity contribution in [2.75, 3.05) is 0 Å². The van der Waals surface area contributed by atoms with E-state index in [1.165, 1.54) is 10.5 Å². The Morgan fingerprint density at radius 1 is 1.14 bits per heavy atom. The predicted octanol–water partition coefficient (Wildman–Crippen LogP) is 4.19. The molecule has 8 heteroatoms. The van der Waals surface area contributed by atoms with Crippen molar-refractivity contribution in [1.82, 2.24) is 19.9 Å². The second kappa shape index (κ2) is 8.00. The number of halogens is 3. The van der Waals surface area contributed by atoms with Crippen molar-refractivity contribution in [1.29, 1.82) is 0 Å². The molecule has 3 aromatic rings. The van der Waals surface area contributed by atoms with Crippen LogP contribution in [0.5, 0.6) is 0 Å². The molecule has 148 valence electrons. The van der Waals surface area contributed by atoms with Crippen molar-refractivity contribution >= 4 is 11.6 Å². The number of nitrogens with zero attached hydrogens (tertiary/aromatic N) is 3. The van der Waals surface area contributed by atoms with E-state index in [0.717, 1.165) is 24.2 Å². The van der Waals surface area contributed by atoms with E-state index in [-0.39, 0.29) is 30.1 Å². The van der Waals surface area contributed by atoms with Crippen molar-refractivity contribution < 1.29 is 18.0 Å². The number of benzene rings is 1. The maximum absolute atomic E-state index is 13.0. The summed E-state index contributed by atoms with van der Waals surface area (Å²) in [6.07, 6.45) is -2.70. The quantitative estimate of drug-likeness (QED) is 0.686. The van der Waals surface area contributed by atoms with Crippen LogP contribution in [0, 0.1) is 5.92 Å². The molecule has 2 aromatic heterocycles. The molecule has 0 spiro atoms. The maximum Gasteiger partial charge on any atom is 0.417 e. The number of carbonyl (C=O) groups is 1. The van der Waals surface area contributed by atoms with Crippen molar-refractivity contribution in [3.63, 3.8) is 0 Å². The summed E-state index contributed by atoms with van der Waals surface area (Å²) in [6.45, 7) is 4.00. The zero-order valence-corrected chi connectivity index (χ0v) is 15.6. The van der Waals surface area contributed by atoms with Gasteiger partial charge in [-0.2, -0.15) is 13.2 Å². The fraction of sp³-hybridized carbons (Fsp3) is 0.350. The SMILES string of the molecule is CC[C@@H](C)[C@@H](C(=O)NCc1nnc2ccc(C(F)(F)F)cn12)c1ccccc1. The summed E-state index contributed by atoms with van der Waals surface area (Å²) in [5.41, 5.74) is 0.396. The first-order valence-corrected chi connectivity index (χ1v) is 9.04. The number of amides is 1. The summed E-state index contributed by atoms with van der Waals surface area (Å²) in [5, 5.41) is 10.6. The van der Waals surface area contributed by atoms with Gasteiger partial charge < -0.3 is 5.32 Å². The Hall–Kier alpha value is -2.90. The van der Waals surface area contributed by atoms with E-state index in [0.29, 0.717) is 5.65 Å². The highest BCUT2D eigenvalue weighted by Gasteiger charge is 2.31. The highest BCUT2D eigenvalue weighted by Crippen LogP contribution is 2.29. The Morgan fingerprint density at radius 3 is 2.50 bits per heavy atom. The van der Waals surface area contributed by atoms with Gasteiger partial charge in [0.15, 0.2) is 11.5 Å². The number of hydrogen-bond acceptors (Lipinski definition) is 3. The molecule has 0 saturated heterocycles. The highest BCUT2D eigenvalue weighted by molar-refractivity contribution is 5.83. The fourth-order valence-corrected chi connectivity index (χ4v) is 3.14. The average molecular weight is 390 g/mol. The summed E-state index contributed by atoms with van der Waals surface area (Å²) in [6, 6.07) is 11.7. The molecule has 0 aliphatic carbocycles. The monoisotopic (exact) mass is 390 g/mol. The van der Waals surface area contributed by atoms with Gasteiger partial charge in [0.1, 0.15) is 0 Å². The predicted molar refractivity (Wildman–Crippen MR) is 98.5 cm³/mol. The summed E-state index contributed by atoms with van der Waals surface area (Å²) in [5.74, 6) is -0.194. The molecule has 0 aliphatic heterocycles. The van der Waals surface area contributed by atoms with Gasteiger partial charge in [-0.05, 0) is 23.6 Å². The molecule has 1 aromatic carbocycles. The van der Waals surface area contributed by atoms with Crippen LogP contribution in [0.25, 0.3) is 5.65 Å². The van der Waals surface area contributed by atoms with E-state index in [1.54, 1.807) is 0 Å². The third kappa shape index (κ3) is 4.16. The number of rotatable bonds is 6. The number of aromatic nitrogens is 3. The third-order valence-corrected chi connectivity index (χ3v) is 4.88. The number of pyridine rings is 1. The first kappa shape index (κ1) is 19.9. The van der Waals surface area contributed by atoms with Crippen LogP contribution in [0.2, 0.25) is 0 Å². The van der Waals surface area contributed by atoms with Crippen LogP contribution in [0.15, 0.2) is 48.7 Å². The second-order valence-corrected chi connectivity index (χ2v) is 6.75. The van der Waals surface area contributed by atoms with Crippen molar-refractivity contribution in [2.24, 2.45) is 5.92 Å². The lowest BCUT2D eigenvalue weighted by molar-refractivity contribution is -0.137. The van der Waals surface area contributed by atoms with Crippen LogP contribution in [0.4, 0.5) is 13.2 Å². The lowest BCUT2D eigenvalue weighted by atomic mass is 9.85. The fourth-order valence-electron chi connectivity index (χ4n) is 3.14. The zero-order valence-electron chi connectivity index (χ0n) is 15.6. The highest BCUT2D eigenvalue weighted by atomic mass is 19.4. The van der Waals surface area contributed by atoms with E-state index in [4.69, 9.17) is 0 Å². The summed E-state index contributed by atoms with van der Waals surface area (Å²) in [7, 11) is 0. The van der Waals surface area contributed by atoms with Crippen LogP contribution in [-0.4, -0.2) is 20.5 Å². The average Bonchev–Trinajstić information content (AvgIpc) is 3.09. The topological polar surface area (TPSA) is 59.3 Å². The number of fused-ring (bicyclic) bond motifs is 1. The lowest BCUT2D eigenvalue weighted by Gasteiger charge is -2.22. The van der Waals surface area contributed by atoms with E-state index < -0.39 is 11.7 Å². The minimum atomic E-state index is -4.46. The van der Waals surface area contributed by atoms with Gasteiger partial charge in [0.2, 0.25) is 5.91 Å². The molecule has 0 radical (unpaired) electrons. The van der Waals surface area contributed by atoms with Gasteiger partial charge in [-0.25, -0.2) is 0 Å². The summed E-state index contributed by atoms with van der Waals surface area (Å²) >= 11 is 0. The van der Waals surface area contributed by atoms with E-state index in [9.17, 15) is 18.0 Å². The smallest absolute Gasteiger partial charge is 0.348 e. The number of nitrogens with one attached hydrogen (secondary N) is 1. The molecular formula is C20H21F3N4O. The Balaban J connectivity index is 1.81. The summed E-state index contributed by atoms with van der Waals surface area (Å²) in [4.78, 5) is 12.9. The Morgan fingerprint density at radius 2 is 1.86 bits per heavy atom. The van der Waals surface area contributed by atoms with Gasteiger partial charge in [0.05, 0.1) is 18.0 Å². The first-order valence-electron chi connectivity index (χ1n) is 9.04. The number of carbonyl (C=O) groups excluding carboxylic acids is 1. The van der Waals surface area contributed by atoms with Gasteiger partial charge >= 0.3 is 6.18 Å². The molecule has 0 unspecified atom stereocenters. The van der Waals surface area contributed by atoms with Crippen LogP contribution < -0.4 is 5.32 Å². The standard InChI is InChI=1S/C20H21F3N4O/c1-3-13(2)18(14-7-5-4-6-8-14)19(28)24-11-17-26-25-16-10-9-15(12-27(16)17)20(21,22)23/h4-10,12-13,18H,3,11H2,1-2H3,(H,24,28)/t13-,18-/m1/s1. The lowest BCUT2D eigenvalue weighted by Crippen LogP contribution is -2.32. The Bertz CT molecular complexity index is 953. The van der Waals surface area contributed by atoms with Crippen molar-refractivity contribution in [2.45, 2.75) is 38.9 Å². The second-order valence-electron chi connectivity index (χ2n) is 6.75. The molecule has 2 heterocycles. The van der Waals surface area contributed by atoms with Crippen LogP contribution in [0.3, 0.4) is 0 Å². The van der Waals surface area contributed by atoms with Crippen LogP contribution in [-0.2, 0) is 17.5 Å². The molecule has 2 atom stereocenters. The van der Waals surface area contributed by atoms with E-state index in [2.05, 4.69) is 15.5 Å². The molecule has 1 N–H and O–H groups in total. The van der Waals surface area contributed by atoms with Gasteiger partial charge in [0, 0.05) is 6.20 Å². The van der Waals surface area contributed by atoms with Crippen LogP contribution in [0.1, 0.15) is 43.1 Å². The first-order chi connectivity index (χ1) is 13.3. The van der Waals surface area contributed by atoms with Gasteiger partial charge in [-0.1, -0.05) is 50.6 Å². The Labute approximate surface area is 160 Å². The van der Waals surface area contributed by atoms with Crippen molar-refractivity contribution in [3.8, 4) is 0 Å². The zero-order chi connectivity index (χ0) is 20.3. The van der Waals surface area contributed by atoms with Gasteiger partial charge in [-0.15, -0.1) is 10.2 Å². The summed E-state index contributed by atoms with van der Waals surface area (Å²) < 4.78 is 40.1. The normalized spacial score (nSPS) is 14.0. The molecule has 0 saturated carbocycles. The molecule has 3 rings (SSSR count). The number of alkyl halides is 3. The van der Waals surface area contributed by atoms with E-state index in [1.807, 2.05) is 44.2 Å². The molecule has 0 aliphatic rings. The van der Waals surface area contributed by atoms with Crippen molar-refractivity contribution in [3.05, 3.63) is 65.6 Å². The molecule has 0 fully saturated rings. The van der Waals surface area contributed by atoms with E-state index >= 15 is 0 Å². The van der Waals surface area contributed by atoms with Gasteiger partial charge in [0.25, 0.3) is 0 Å². The van der Waals surface area contributed by atoms with Crippen LogP contribution >= 0.6 is 0 Å². The molecule has 1 amide bonds. The minimum absolute atomic E-state index is 0.0128. The molecule has 0 bridgehead atoms. The minimum Gasteiger partial charge on any atom is -0.348 e. The molecule has 5 nitrogen and oxygen atoms in total.